The Bertz CT molecular complexity index is 898. The lowest BCUT2D eigenvalue weighted by Gasteiger charge is -2.45. The molecular formula is C25H26N2O2. The highest BCUT2D eigenvalue weighted by molar-refractivity contribution is 5.96. The molecule has 1 aliphatic heterocycles. The zero-order valence-corrected chi connectivity index (χ0v) is 16.6. The van der Waals surface area contributed by atoms with Gasteiger partial charge >= 0.3 is 0 Å². The SMILES string of the molecule is COc1ccccc1C(=O)NCC1CN(C(c2ccccc2)c2ccccc2)C1. The first-order chi connectivity index (χ1) is 14.3. The number of hydrogen-bond acceptors (Lipinski definition) is 3. The second-order valence-corrected chi connectivity index (χ2v) is 7.45. The lowest BCUT2D eigenvalue weighted by molar-refractivity contribution is 0.0644. The zero-order valence-electron chi connectivity index (χ0n) is 16.6. The minimum absolute atomic E-state index is 0.0800. The van der Waals surface area contributed by atoms with Crippen LogP contribution in [0.15, 0.2) is 84.9 Å². The van der Waals surface area contributed by atoms with E-state index in [-0.39, 0.29) is 11.9 Å². The normalized spacial score (nSPS) is 14.4. The van der Waals surface area contributed by atoms with Gasteiger partial charge in [-0.15, -0.1) is 0 Å². The van der Waals surface area contributed by atoms with Crippen LogP contribution in [0.1, 0.15) is 27.5 Å². The van der Waals surface area contributed by atoms with Gasteiger partial charge in [-0.1, -0.05) is 72.8 Å². The van der Waals surface area contributed by atoms with Crippen molar-refractivity contribution in [3.05, 3.63) is 102 Å². The second-order valence-electron chi connectivity index (χ2n) is 7.45. The molecule has 0 aliphatic carbocycles. The first-order valence-corrected chi connectivity index (χ1v) is 10.0. The van der Waals surface area contributed by atoms with Crippen molar-refractivity contribution in [3.8, 4) is 5.75 Å². The summed E-state index contributed by atoms with van der Waals surface area (Å²) < 4.78 is 5.29. The minimum atomic E-state index is -0.0800. The van der Waals surface area contributed by atoms with E-state index < -0.39 is 0 Å². The molecule has 1 heterocycles. The van der Waals surface area contributed by atoms with E-state index in [0.29, 0.717) is 23.8 Å². The number of carbonyl (C=O) groups excluding carboxylic acids is 1. The van der Waals surface area contributed by atoms with Gasteiger partial charge in [-0.3, -0.25) is 9.69 Å². The molecule has 4 rings (SSSR count). The van der Waals surface area contributed by atoms with Crippen LogP contribution in [-0.2, 0) is 0 Å². The van der Waals surface area contributed by atoms with Gasteiger partial charge < -0.3 is 10.1 Å². The second kappa shape index (κ2) is 8.93. The molecule has 3 aromatic rings. The summed E-state index contributed by atoms with van der Waals surface area (Å²) in [6, 6.07) is 28.8. The Morgan fingerprint density at radius 2 is 1.48 bits per heavy atom. The number of ether oxygens (including phenoxy) is 1. The van der Waals surface area contributed by atoms with Crippen molar-refractivity contribution >= 4 is 5.91 Å². The molecule has 0 unspecified atom stereocenters. The highest BCUT2D eigenvalue weighted by Crippen LogP contribution is 2.34. The Morgan fingerprint density at radius 3 is 2.07 bits per heavy atom. The summed E-state index contributed by atoms with van der Waals surface area (Å²) >= 11 is 0. The lowest BCUT2D eigenvalue weighted by atomic mass is 9.90. The molecule has 0 saturated carbocycles. The number of amides is 1. The van der Waals surface area contributed by atoms with E-state index in [4.69, 9.17) is 4.74 Å². The van der Waals surface area contributed by atoms with Gasteiger partial charge in [0.2, 0.25) is 0 Å². The molecule has 4 heteroatoms. The summed E-state index contributed by atoms with van der Waals surface area (Å²) in [6.07, 6.45) is 0. The summed E-state index contributed by atoms with van der Waals surface area (Å²) in [7, 11) is 1.59. The number of para-hydroxylation sites is 1. The maximum Gasteiger partial charge on any atom is 0.255 e. The smallest absolute Gasteiger partial charge is 0.255 e. The van der Waals surface area contributed by atoms with Crippen LogP contribution < -0.4 is 10.1 Å². The van der Waals surface area contributed by atoms with Crippen LogP contribution in [0.2, 0.25) is 0 Å². The zero-order chi connectivity index (χ0) is 20.1. The molecule has 0 atom stereocenters. The van der Waals surface area contributed by atoms with Crippen molar-refractivity contribution in [2.45, 2.75) is 6.04 Å². The van der Waals surface area contributed by atoms with Crippen LogP contribution in [-0.4, -0.2) is 37.6 Å². The molecule has 4 nitrogen and oxygen atoms in total. The Morgan fingerprint density at radius 1 is 0.931 bits per heavy atom. The number of benzene rings is 3. The van der Waals surface area contributed by atoms with E-state index in [1.165, 1.54) is 11.1 Å². The first-order valence-electron chi connectivity index (χ1n) is 10.0. The lowest BCUT2D eigenvalue weighted by Crippen LogP contribution is -2.52. The van der Waals surface area contributed by atoms with Gasteiger partial charge in [0.15, 0.2) is 0 Å². The van der Waals surface area contributed by atoms with Gasteiger partial charge in [-0.05, 0) is 23.3 Å². The molecule has 1 fully saturated rings. The average Bonchev–Trinajstić information content (AvgIpc) is 2.76. The highest BCUT2D eigenvalue weighted by atomic mass is 16.5. The van der Waals surface area contributed by atoms with E-state index >= 15 is 0 Å². The van der Waals surface area contributed by atoms with Crippen molar-refractivity contribution in [1.29, 1.82) is 0 Å². The monoisotopic (exact) mass is 386 g/mol. The van der Waals surface area contributed by atoms with E-state index in [1.807, 2.05) is 18.2 Å². The summed E-state index contributed by atoms with van der Waals surface area (Å²) in [5.41, 5.74) is 3.18. The van der Waals surface area contributed by atoms with Crippen molar-refractivity contribution in [1.82, 2.24) is 10.2 Å². The van der Waals surface area contributed by atoms with Gasteiger partial charge in [0, 0.05) is 25.6 Å². The third-order valence-electron chi connectivity index (χ3n) is 5.48. The number of nitrogens with zero attached hydrogens (tertiary/aromatic N) is 1. The fraction of sp³-hybridized carbons (Fsp3) is 0.240. The fourth-order valence-electron chi connectivity index (χ4n) is 4.00. The predicted molar refractivity (Wildman–Crippen MR) is 115 cm³/mol. The molecule has 1 N–H and O–H groups in total. The molecule has 148 valence electrons. The van der Waals surface area contributed by atoms with Gasteiger partial charge in [-0.2, -0.15) is 0 Å². The molecule has 0 spiro atoms. The summed E-state index contributed by atoms with van der Waals surface area (Å²) in [5.74, 6) is 0.973. The number of carbonyl (C=O) groups is 1. The highest BCUT2D eigenvalue weighted by Gasteiger charge is 2.34. The van der Waals surface area contributed by atoms with E-state index in [0.717, 1.165) is 13.1 Å². The summed E-state index contributed by atoms with van der Waals surface area (Å²) in [4.78, 5) is 15.0. The van der Waals surface area contributed by atoms with Crippen LogP contribution in [0.5, 0.6) is 5.75 Å². The number of hydrogen-bond donors (Lipinski definition) is 1. The first kappa shape index (κ1) is 19.2. The Kier molecular flexibility index (Phi) is 5.92. The topological polar surface area (TPSA) is 41.6 Å². The molecular weight excluding hydrogens is 360 g/mol. The molecule has 29 heavy (non-hydrogen) atoms. The quantitative estimate of drug-likeness (QED) is 0.663. The third kappa shape index (κ3) is 4.33. The van der Waals surface area contributed by atoms with Crippen LogP contribution >= 0.6 is 0 Å². The molecule has 3 aromatic carbocycles. The molecule has 0 bridgehead atoms. The minimum Gasteiger partial charge on any atom is -0.496 e. The van der Waals surface area contributed by atoms with E-state index in [2.05, 4.69) is 70.9 Å². The maximum atomic E-state index is 12.5. The predicted octanol–water partition coefficient (Wildman–Crippen LogP) is 4.15. The third-order valence-corrected chi connectivity index (χ3v) is 5.48. The molecule has 1 aliphatic rings. The Labute approximate surface area is 172 Å². The number of likely N-dealkylation sites (tertiary alicyclic amines) is 1. The summed E-state index contributed by atoms with van der Waals surface area (Å²) in [6.45, 7) is 2.59. The van der Waals surface area contributed by atoms with E-state index in [1.54, 1.807) is 13.2 Å². The number of nitrogens with one attached hydrogen (secondary N) is 1. The van der Waals surface area contributed by atoms with Gasteiger partial charge in [-0.25, -0.2) is 0 Å². The molecule has 1 saturated heterocycles. The van der Waals surface area contributed by atoms with Crippen molar-refractivity contribution in [2.24, 2.45) is 5.92 Å². The Balaban J connectivity index is 1.38. The van der Waals surface area contributed by atoms with Gasteiger partial charge in [0.05, 0.1) is 18.7 Å². The van der Waals surface area contributed by atoms with Gasteiger partial charge in [0.25, 0.3) is 5.91 Å². The molecule has 0 radical (unpaired) electrons. The average molecular weight is 386 g/mol. The van der Waals surface area contributed by atoms with Crippen molar-refractivity contribution in [2.75, 3.05) is 26.7 Å². The summed E-state index contributed by atoms with van der Waals surface area (Å²) in [5, 5.41) is 3.07. The number of methoxy groups -OCH3 is 1. The fourth-order valence-corrected chi connectivity index (χ4v) is 4.00. The van der Waals surface area contributed by atoms with Crippen molar-refractivity contribution in [3.63, 3.8) is 0 Å². The number of rotatable bonds is 7. The van der Waals surface area contributed by atoms with Gasteiger partial charge in [0.1, 0.15) is 5.75 Å². The maximum absolute atomic E-state index is 12.5. The van der Waals surface area contributed by atoms with Crippen LogP contribution in [0.25, 0.3) is 0 Å². The Hall–Kier alpha value is -3.11. The standard InChI is InChI=1S/C25H26N2O2/c1-29-23-15-9-8-14-22(23)25(28)26-16-19-17-27(18-19)24(20-10-4-2-5-11-20)21-12-6-3-7-13-21/h2-15,19,24H,16-18H2,1H3,(H,26,28). The van der Waals surface area contributed by atoms with Crippen LogP contribution in [0.4, 0.5) is 0 Å². The van der Waals surface area contributed by atoms with Crippen LogP contribution in [0.3, 0.4) is 0 Å². The van der Waals surface area contributed by atoms with E-state index in [9.17, 15) is 4.79 Å². The molecule has 0 aromatic heterocycles. The largest absolute Gasteiger partial charge is 0.496 e. The molecule has 1 amide bonds. The van der Waals surface area contributed by atoms with Crippen LogP contribution in [0, 0.1) is 5.92 Å². The van der Waals surface area contributed by atoms with Crippen molar-refractivity contribution < 1.29 is 9.53 Å².